The summed E-state index contributed by atoms with van der Waals surface area (Å²) < 4.78 is 5.30. The van der Waals surface area contributed by atoms with Gasteiger partial charge in [-0.3, -0.25) is 10.1 Å². The second kappa shape index (κ2) is 5.84. The Hall–Kier alpha value is -2.54. The van der Waals surface area contributed by atoms with Crippen LogP contribution in [0, 0.1) is 10.1 Å². The van der Waals surface area contributed by atoms with Crippen LogP contribution in [0.15, 0.2) is 36.4 Å². The van der Waals surface area contributed by atoms with Gasteiger partial charge < -0.3 is 9.64 Å². The first kappa shape index (κ1) is 13.4. The van der Waals surface area contributed by atoms with Gasteiger partial charge in [-0.05, 0) is 12.1 Å². The molecule has 7 heteroatoms. The summed E-state index contributed by atoms with van der Waals surface area (Å²) >= 11 is 0. The molecule has 21 heavy (non-hydrogen) atoms. The quantitative estimate of drug-likeness (QED) is 0.633. The minimum Gasteiger partial charge on any atom is -0.378 e. The highest BCUT2D eigenvalue weighted by Gasteiger charge is 2.13. The Kier molecular flexibility index (Phi) is 3.74. The molecule has 1 saturated heterocycles. The summed E-state index contributed by atoms with van der Waals surface area (Å²) in [6.07, 6.45) is 0. The van der Waals surface area contributed by atoms with Gasteiger partial charge in [0.1, 0.15) is 0 Å². The average molecular weight is 286 g/mol. The molecule has 0 radical (unpaired) electrons. The van der Waals surface area contributed by atoms with Crippen molar-refractivity contribution in [1.82, 2.24) is 10.2 Å². The van der Waals surface area contributed by atoms with Gasteiger partial charge >= 0.3 is 0 Å². The Bertz CT molecular complexity index is 639. The van der Waals surface area contributed by atoms with Crippen molar-refractivity contribution < 1.29 is 9.66 Å². The summed E-state index contributed by atoms with van der Waals surface area (Å²) in [6.45, 7) is 2.97. The smallest absolute Gasteiger partial charge is 0.270 e. The number of morpholine rings is 1. The van der Waals surface area contributed by atoms with E-state index in [1.165, 1.54) is 12.1 Å². The number of benzene rings is 1. The Morgan fingerprint density at radius 3 is 2.62 bits per heavy atom. The van der Waals surface area contributed by atoms with Gasteiger partial charge in [-0.25, -0.2) is 0 Å². The number of nitrogens with zero attached hydrogens (tertiary/aromatic N) is 4. The van der Waals surface area contributed by atoms with Crippen LogP contribution in [-0.2, 0) is 4.74 Å². The van der Waals surface area contributed by atoms with Crippen LogP contribution < -0.4 is 4.90 Å². The van der Waals surface area contributed by atoms with Crippen molar-refractivity contribution >= 4 is 11.5 Å². The normalized spacial score (nSPS) is 15.0. The largest absolute Gasteiger partial charge is 0.378 e. The molecule has 1 aliphatic rings. The number of nitro groups is 1. The molecule has 108 valence electrons. The van der Waals surface area contributed by atoms with Gasteiger partial charge in [-0.1, -0.05) is 12.1 Å². The zero-order chi connectivity index (χ0) is 14.7. The maximum atomic E-state index is 10.8. The lowest BCUT2D eigenvalue weighted by Gasteiger charge is -2.27. The monoisotopic (exact) mass is 286 g/mol. The molecule has 0 aliphatic carbocycles. The molecule has 2 aromatic rings. The molecule has 1 aromatic carbocycles. The van der Waals surface area contributed by atoms with E-state index in [2.05, 4.69) is 15.1 Å². The molecule has 0 spiro atoms. The number of hydrogen-bond donors (Lipinski definition) is 0. The predicted octanol–water partition coefficient (Wildman–Crippen LogP) is 1.89. The fourth-order valence-corrected chi connectivity index (χ4v) is 2.22. The van der Waals surface area contributed by atoms with Gasteiger partial charge in [0, 0.05) is 30.8 Å². The lowest BCUT2D eigenvalue weighted by Crippen LogP contribution is -2.36. The molecule has 1 fully saturated rings. The highest BCUT2D eigenvalue weighted by molar-refractivity contribution is 5.62. The van der Waals surface area contributed by atoms with Crippen molar-refractivity contribution in [1.29, 1.82) is 0 Å². The van der Waals surface area contributed by atoms with Gasteiger partial charge in [-0.2, -0.15) is 0 Å². The molecular weight excluding hydrogens is 272 g/mol. The van der Waals surface area contributed by atoms with Gasteiger partial charge in [0.15, 0.2) is 5.82 Å². The molecule has 0 N–H and O–H groups in total. The van der Waals surface area contributed by atoms with E-state index in [-0.39, 0.29) is 5.69 Å². The summed E-state index contributed by atoms with van der Waals surface area (Å²) in [4.78, 5) is 12.5. The van der Waals surface area contributed by atoms with Crippen LogP contribution >= 0.6 is 0 Å². The first-order valence-corrected chi connectivity index (χ1v) is 6.65. The third-order valence-corrected chi connectivity index (χ3v) is 3.34. The Morgan fingerprint density at radius 2 is 1.95 bits per heavy atom. The number of ether oxygens (including phenoxy) is 1. The molecular formula is C14H14N4O3. The fraction of sp³-hybridized carbons (Fsp3) is 0.286. The molecule has 3 rings (SSSR count). The average Bonchev–Trinajstić information content (AvgIpc) is 2.56. The van der Waals surface area contributed by atoms with Crippen LogP contribution in [0.3, 0.4) is 0 Å². The maximum Gasteiger partial charge on any atom is 0.270 e. The third kappa shape index (κ3) is 2.97. The van der Waals surface area contributed by atoms with Crippen molar-refractivity contribution in [3.05, 3.63) is 46.5 Å². The third-order valence-electron chi connectivity index (χ3n) is 3.34. The molecule has 0 bridgehead atoms. The van der Waals surface area contributed by atoms with Crippen LogP contribution in [0.4, 0.5) is 11.5 Å². The summed E-state index contributed by atoms with van der Waals surface area (Å²) in [5, 5.41) is 19.2. The lowest BCUT2D eigenvalue weighted by atomic mass is 10.1. The predicted molar refractivity (Wildman–Crippen MR) is 77.2 cm³/mol. The van der Waals surface area contributed by atoms with Crippen molar-refractivity contribution in [3.8, 4) is 11.3 Å². The SMILES string of the molecule is O=[N+]([O-])c1cccc(-c2ccc(N3CCOCC3)nn2)c1. The maximum absolute atomic E-state index is 10.8. The van der Waals surface area contributed by atoms with E-state index in [1.54, 1.807) is 12.1 Å². The van der Waals surface area contributed by atoms with Crippen LogP contribution in [0.25, 0.3) is 11.3 Å². The second-order valence-corrected chi connectivity index (χ2v) is 4.68. The molecule has 1 aliphatic heterocycles. The van der Waals surface area contributed by atoms with Crippen LogP contribution in [0.1, 0.15) is 0 Å². The number of rotatable bonds is 3. The van der Waals surface area contributed by atoms with E-state index in [9.17, 15) is 10.1 Å². The second-order valence-electron chi connectivity index (χ2n) is 4.68. The minimum atomic E-state index is -0.418. The number of non-ortho nitro benzene ring substituents is 1. The van der Waals surface area contributed by atoms with Crippen molar-refractivity contribution in [3.63, 3.8) is 0 Å². The summed E-state index contributed by atoms with van der Waals surface area (Å²) in [5.41, 5.74) is 1.35. The number of aromatic nitrogens is 2. The highest BCUT2D eigenvalue weighted by Crippen LogP contribution is 2.23. The summed E-state index contributed by atoms with van der Waals surface area (Å²) in [6, 6.07) is 10.1. The number of nitro benzene ring substituents is 1. The van der Waals surface area contributed by atoms with Gasteiger partial charge in [0.25, 0.3) is 5.69 Å². The zero-order valence-electron chi connectivity index (χ0n) is 11.3. The standard InChI is InChI=1S/C14H14N4O3/c19-18(20)12-3-1-2-11(10-12)13-4-5-14(16-15-13)17-6-8-21-9-7-17/h1-5,10H,6-9H2. The Morgan fingerprint density at radius 1 is 1.14 bits per heavy atom. The Labute approximate surface area is 121 Å². The van der Waals surface area contributed by atoms with E-state index in [0.29, 0.717) is 24.5 Å². The topological polar surface area (TPSA) is 81.4 Å². The fourth-order valence-electron chi connectivity index (χ4n) is 2.22. The van der Waals surface area contributed by atoms with E-state index < -0.39 is 4.92 Å². The molecule has 0 unspecified atom stereocenters. The van der Waals surface area contributed by atoms with Gasteiger partial charge in [0.05, 0.1) is 23.8 Å². The molecule has 7 nitrogen and oxygen atoms in total. The first-order valence-electron chi connectivity index (χ1n) is 6.65. The molecule has 1 aromatic heterocycles. The van der Waals surface area contributed by atoms with Crippen LogP contribution in [-0.4, -0.2) is 41.4 Å². The summed E-state index contributed by atoms with van der Waals surface area (Å²) in [7, 11) is 0. The van der Waals surface area contributed by atoms with E-state index in [4.69, 9.17) is 4.74 Å². The van der Waals surface area contributed by atoms with Gasteiger partial charge in [0.2, 0.25) is 0 Å². The number of anilines is 1. The van der Waals surface area contributed by atoms with E-state index in [0.717, 1.165) is 18.9 Å². The highest BCUT2D eigenvalue weighted by atomic mass is 16.6. The van der Waals surface area contributed by atoms with E-state index in [1.807, 2.05) is 12.1 Å². The molecule has 2 heterocycles. The summed E-state index contributed by atoms with van der Waals surface area (Å²) in [5.74, 6) is 0.799. The van der Waals surface area contributed by atoms with Crippen LogP contribution in [0.5, 0.6) is 0 Å². The zero-order valence-corrected chi connectivity index (χ0v) is 11.3. The Balaban J connectivity index is 1.83. The van der Waals surface area contributed by atoms with Crippen molar-refractivity contribution in [2.24, 2.45) is 0 Å². The number of hydrogen-bond acceptors (Lipinski definition) is 6. The molecule has 0 amide bonds. The van der Waals surface area contributed by atoms with Crippen molar-refractivity contribution in [2.75, 3.05) is 31.2 Å². The van der Waals surface area contributed by atoms with Crippen LogP contribution in [0.2, 0.25) is 0 Å². The lowest BCUT2D eigenvalue weighted by molar-refractivity contribution is -0.384. The van der Waals surface area contributed by atoms with Gasteiger partial charge in [-0.15, -0.1) is 10.2 Å². The van der Waals surface area contributed by atoms with E-state index >= 15 is 0 Å². The first-order chi connectivity index (χ1) is 10.2. The molecule has 0 atom stereocenters. The molecule has 0 saturated carbocycles. The van der Waals surface area contributed by atoms with Crippen molar-refractivity contribution in [2.45, 2.75) is 0 Å². The minimum absolute atomic E-state index is 0.0477.